The van der Waals surface area contributed by atoms with Gasteiger partial charge in [0.05, 0.1) is 0 Å². The van der Waals surface area contributed by atoms with Crippen molar-refractivity contribution < 1.29 is 0 Å². The standard InChI is InChI=1S/C4H3N3S/c1-2-7-4(5-1)6-3-8-7/h1-3H. The lowest BCUT2D eigenvalue weighted by molar-refractivity contribution is 1.27. The van der Waals surface area contributed by atoms with Gasteiger partial charge < -0.3 is 0 Å². The lowest BCUT2D eigenvalue weighted by Crippen LogP contribution is -1.68. The monoisotopic (exact) mass is 125 g/mol. The molecule has 0 amide bonds. The van der Waals surface area contributed by atoms with Gasteiger partial charge in [0.25, 0.3) is 0 Å². The van der Waals surface area contributed by atoms with Crippen molar-refractivity contribution in [1.29, 1.82) is 0 Å². The van der Waals surface area contributed by atoms with Crippen molar-refractivity contribution in [2.75, 3.05) is 0 Å². The molecular formula is C4H3N3S. The van der Waals surface area contributed by atoms with E-state index in [1.807, 2.05) is 9.99 Å². The quantitative estimate of drug-likeness (QED) is 0.521. The number of hydrogen-bond acceptors (Lipinski definition) is 3. The van der Waals surface area contributed by atoms with Gasteiger partial charge >= 0.3 is 0 Å². The fourth-order valence-electron chi connectivity index (χ4n) is 0.578. The first kappa shape index (κ1) is 4.03. The summed E-state index contributed by atoms with van der Waals surface area (Å²) in [5.41, 5.74) is 1.77. The number of hydrogen-bond donors (Lipinski definition) is 0. The maximum Gasteiger partial charge on any atom is 0.244 e. The summed E-state index contributed by atoms with van der Waals surface area (Å²) in [6.07, 6.45) is 3.62. The van der Waals surface area contributed by atoms with Crippen LogP contribution in [0.1, 0.15) is 0 Å². The van der Waals surface area contributed by atoms with Crippen molar-refractivity contribution >= 4 is 17.3 Å². The third-order valence-corrected chi connectivity index (χ3v) is 1.63. The highest BCUT2D eigenvalue weighted by atomic mass is 32.1. The molecule has 40 valence electrons. The van der Waals surface area contributed by atoms with Gasteiger partial charge in [-0.05, 0) is 11.5 Å². The minimum atomic E-state index is 0.787. The van der Waals surface area contributed by atoms with E-state index in [9.17, 15) is 0 Å². The average Bonchev–Trinajstić information content (AvgIpc) is 2.15. The first-order valence-corrected chi connectivity index (χ1v) is 3.03. The molecule has 0 fully saturated rings. The van der Waals surface area contributed by atoms with Gasteiger partial charge in [0.2, 0.25) is 5.78 Å². The minimum absolute atomic E-state index is 0.787. The van der Waals surface area contributed by atoms with Crippen molar-refractivity contribution in [3.05, 3.63) is 17.9 Å². The van der Waals surface area contributed by atoms with Crippen LogP contribution in [0.2, 0.25) is 0 Å². The van der Waals surface area contributed by atoms with Crippen molar-refractivity contribution in [3.8, 4) is 0 Å². The van der Waals surface area contributed by atoms with Crippen LogP contribution in [-0.2, 0) is 0 Å². The zero-order valence-corrected chi connectivity index (χ0v) is 4.80. The Balaban J connectivity index is 3.06. The molecule has 2 rings (SSSR count). The van der Waals surface area contributed by atoms with Gasteiger partial charge in [-0.3, -0.25) is 0 Å². The van der Waals surface area contributed by atoms with E-state index in [0.29, 0.717) is 0 Å². The van der Waals surface area contributed by atoms with Crippen molar-refractivity contribution in [2.24, 2.45) is 0 Å². The number of aromatic nitrogens is 3. The van der Waals surface area contributed by atoms with Crippen molar-refractivity contribution in [3.63, 3.8) is 0 Å². The molecule has 2 heterocycles. The Morgan fingerprint density at radius 2 is 2.50 bits per heavy atom. The SMILES string of the molecule is c1cn2scnc2n1. The van der Waals surface area contributed by atoms with Gasteiger partial charge in [0, 0.05) is 12.4 Å². The molecule has 0 saturated carbocycles. The molecule has 0 unspecified atom stereocenters. The molecule has 3 nitrogen and oxygen atoms in total. The summed E-state index contributed by atoms with van der Waals surface area (Å²) in [7, 11) is 0. The number of rotatable bonds is 0. The molecule has 0 spiro atoms. The summed E-state index contributed by atoms with van der Waals surface area (Å²) in [6.45, 7) is 0. The molecule has 2 aromatic heterocycles. The van der Waals surface area contributed by atoms with Crippen LogP contribution in [0.3, 0.4) is 0 Å². The summed E-state index contributed by atoms with van der Waals surface area (Å²) < 4.78 is 1.90. The molecular weight excluding hydrogens is 122 g/mol. The molecule has 0 aromatic carbocycles. The predicted molar refractivity (Wildman–Crippen MR) is 30.9 cm³/mol. The van der Waals surface area contributed by atoms with Crippen LogP contribution < -0.4 is 0 Å². The van der Waals surface area contributed by atoms with Gasteiger partial charge in [-0.1, -0.05) is 0 Å². The third kappa shape index (κ3) is 0.376. The second-order valence-electron chi connectivity index (χ2n) is 1.39. The maximum absolute atomic E-state index is 3.95. The van der Waals surface area contributed by atoms with E-state index < -0.39 is 0 Å². The normalized spacial score (nSPS) is 10.5. The van der Waals surface area contributed by atoms with Crippen molar-refractivity contribution in [2.45, 2.75) is 0 Å². The molecule has 0 saturated heterocycles. The van der Waals surface area contributed by atoms with Crippen LogP contribution in [-0.4, -0.2) is 13.8 Å². The van der Waals surface area contributed by atoms with Gasteiger partial charge in [0.1, 0.15) is 5.51 Å². The molecule has 0 atom stereocenters. The van der Waals surface area contributed by atoms with Crippen LogP contribution >= 0.6 is 11.5 Å². The Hall–Kier alpha value is -0.900. The highest BCUT2D eigenvalue weighted by Gasteiger charge is 1.90. The van der Waals surface area contributed by atoms with Crippen LogP contribution in [0.5, 0.6) is 0 Å². The van der Waals surface area contributed by atoms with E-state index in [1.165, 1.54) is 11.5 Å². The lowest BCUT2D eigenvalue weighted by atomic mass is 11.0. The van der Waals surface area contributed by atoms with E-state index in [2.05, 4.69) is 9.97 Å². The molecule has 0 aliphatic carbocycles. The lowest BCUT2D eigenvalue weighted by Gasteiger charge is -1.68. The van der Waals surface area contributed by atoms with E-state index in [1.54, 1.807) is 11.7 Å². The van der Waals surface area contributed by atoms with Gasteiger partial charge in [-0.25, -0.2) is 13.8 Å². The van der Waals surface area contributed by atoms with Gasteiger partial charge in [-0.2, -0.15) is 0 Å². The van der Waals surface area contributed by atoms with E-state index in [4.69, 9.17) is 0 Å². The fourth-order valence-corrected chi connectivity index (χ4v) is 1.13. The number of fused-ring (bicyclic) bond motifs is 1. The first-order valence-electron chi connectivity index (χ1n) is 2.20. The topological polar surface area (TPSA) is 30.2 Å². The summed E-state index contributed by atoms with van der Waals surface area (Å²) >= 11 is 1.54. The van der Waals surface area contributed by atoms with Crippen LogP contribution in [0.4, 0.5) is 0 Å². The number of imidazole rings is 1. The molecule has 0 N–H and O–H groups in total. The van der Waals surface area contributed by atoms with E-state index in [0.717, 1.165) is 5.78 Å². The van der Waals surface area contributed by atoms with E-state index in [-0.39, 0.29) is 0 Å². The van der Waals surface area contributed by atoms with E-state index >= 15 is 0 Å². The zero-order chi connectivity index (χ0) is 5.40. The molecule has 0 aliphatic rings. The number of nitrogens with zero attached hydrogens (tertiary/aromatic N) is 3. The predicted octanol–water partition coefficient (Wildman–Crippen LogP) is 0.791. The Bertz CT molecular complexity index is 233. The summed E-state index contributed by atoms with van der Waals surface area (Å²) in [6, 6.07) is 0. The second kappa shape index (κ2) is 1.29. The smallest absolute Gasteiger partial charge is 0.238 e. The summed E-state index contributed by atoms with van der Waals surface area (Å²) in [4.78, 5) is 7.89. The van der Waals surface area contributed by atoms with Crippen LogP contribution in [0.25, 0.3) is 5.78 Å². The highest BCUT2D eigenvalue weighted by Crippen LogP contribution is 1.99. The van der Waals surface area contributed by atoms with Gasteiger partial charge in [0.15, 0.2) is 0 Å². The molecule has 4 heteroatoms. The average molecular weight is 125 g/mol. The molecule has 0 radical (unpaired) electrons. The molecule has 8 heavy (non-hydrogen) atoms. The Morgan fingerprint density at radius 3 is 3.38 bits per heavy atom. The molecule has 0 aliphatic heterocycles. The largest absolute Gasteiger partial charge is 0.244 e. The highest BCUT2D eigenvalue weighted by molar-refractivity contribution is 7.04. The molecule has 2 aromatic rings. The Kier molecular flexibility index (Phi) is 0.648. The first-order chi connectivity index (χ1) is 3.97. The second-order valence-corrected chi connectivity index (χ2v) is 2.21. The Morgan fingerprint density at radius 1 is 1.50 bits per heavy atom. The van der Waals surface area contributed by atoms with Crippen molar-refractivity contribution in [1.82, 2.24) is 13.8 Å². The van der Waals surface area contributed by atoms with Crippen LogP contribution in [0, 0.1) is 0 Å². The van der Waals surface area contributed by atoms with Gasteiger partial charge in [-0.15, -0.1) is 0 Å². The fraction of sp³-hybridized carbons (Fsp3) is 0. The summed E-state index contributed by atoms with van der Waals surface area (Å²) in [5.74, 6) is 0.787. The minimum Gasteiger partial charge on any atom is -0.238 e. The molecule has 0 bridgehead atoms. The maximum atomic E-state index is 3.95. The zero-order valence-electron chi connectivity index (χ0n) is 3.98. The third-order valence-electron chi connectivity index (χ3n) is 0.918. The Labute approximate surface area is 49.8 Å². The van der Waals surface area contributed by atoms with Crippen LogP contribution in [0.15, 0.2) is 17.9 Å². The summed E-state index contributed by atoms with van der Waals surface area (Å²) in [5, 5.41) is 0.